The number of carbonyl (C=O) groups excluding carboxylic acids is 1. The number of benzene rings is 3. The molecule has 2 N–H and O–H groups in total. The van der Waals surface area contributed by atoms with Gasteiger partial charge in [-0.2, -0.15) is 4.98 Å². The van der Waals surface area contributed by atoms with Gasteiger partial charge in [-0.1, -0.05) is 71.4 Å². The van der Waals surface area contributed by atoms with E-state index in [-0.39, 0.29) is 5.91 Å². The molecule has 0 bridgehead atoms. The number of rotatable bonds is 7. The summed E-state index contributed by atoms with van der Waals surface area (Å²) in [6.07, 6.45) is 0. The molecule has 1 aliphatic rings. The maximum absolute atomic E-state index is 13.8. The molecule has 8 heteroatoms. The molecular formula is C30H31N5O2S. The van der Waals surface area contributed by atoms with E-state index in [1.807, 2.05) is 61.9 Å². The molecule has 0 fully saturated rings. The third-order valence-corrected chi connectivity index (χ3v) is 7.50. The van der Waals surface area contributed by atoms with Gasteiger partial charge >= 0.3 is 0 Å². The Labute approximate surface area is 227 Å². The van der Waals surface area contributed by atoms with Gasteiger partial charge in [-0.25, -0.2) is 4.68 Å². The first-order chi connectivity index (χ1) is 18.3. The summed E-state index contributed by atoms with van der Waals surface area (Å²) in [5.74, 6) is 1.93. The molecule has 5 rings (SSSR count). The largest absolute Gasteiger partial charge is 0.497 e. The molecule has 38 heavy (non-hydrogen) atoms. The van der Waals surface area contributed by atoms with Crippen molar-refractivity contribution < 1.29 is 9.53 Å². The van der Waals surface area contributed by atoms with Gasteiger partial charge in [0, 0.05) is 17.1 Å². The topological polar surface area (TPSA) is 81.1 Å². The van der Waals surface area contributed by atoms with Crippen molar-refractivity contribution in [3.63, 3.8) is 0 Å². The van der Waals surface area contributed by atoms with Crippen LogP contribution in [0.3, 0.4) is 0 Å². The van der Waals surface area contributed by atoms with Crippen molar-refractivity contribution >= 4 is 29.3 Å². The smallest absolute Gasteiger partial charge is 0.255 e. The van der Waals surface area contributed by atoms with E-state index in [9.17, 15) is 4.79 Å². The Hall–Kier alpha value is -4.04. The fourth-order valence-corrected chi connectivity index (χ4v) is 5.45. The Morgan fingerprint density at radius 2 is 1.79 bits per heavy atom. The Morgan fingerprint density at radius 1 is 1.03 bits per heavy atom. The number of amides is 1. The van der Waals surface area contributed by atoms with Gasteiger partial charge in [0.15, 0.2) is 0 Å². The number of ether oxygens (including phenoxy) is 1. The van der Waals surface area contributed by atoms with Gasteiger partial charge < -0.3 is 15.4 Å². The van der Waals surface area contributed by atoms with Crippen LogP contribution in [0.2, 0.25) is 0 Å². The summed E-state index contributed by atoms with van der Waals surface area (Å²) in [5.41, 5.74) is 7.62. The van der Waals surface area contributed by atoms with Crippen LogP contribution in [0.5, 0.6) is 5.75 Å². The minimum atomic E-state index is -0.455. The van der Waals surface area contributed by atoms with Crippen LogP contribution in [0.25, 0.3) is 0 Å². The average Bonchev–Trinajstić information content (AvgIpc) is 3.30. The molecule has 3 aromatic carbocycles. The average molecular weight is 526 g/mol. The fourth-order valence-electron chi connectivity index (χ4n) is 4.67. The number of methoxy groups -OCH3 is 1. The van der Waals surface area contributed by atoms with Crippen LogP contribution in [0.1, 0.15) is 40.8 Å². The number of fused-ring (bicyclic) bond motifs is 1. The minimum Gasteiger partial charge on any atom is -0.497 e. The standard InChI is InChI=1S/C30H31N5O2S/c1-18-7-6-8-22(16-18)17-38-30-33-29-31-21(4)26(28(36)32-25-14-9-19(2)15-20(25)3)27(35(29)34-30)23-10-12-24(37-5)13-11-23/h6-16,27H,17H2,1-5H3,(H,32,36)(H,31,33,34)/t27-/m1/s1. The lowest BCUT2D eigenvalue weighted by atomic mass is 9.94. The molecule has 0 aliphatic carbocycles. The fraction of sp³-hybridized carbons (Fsp3) is 0.233. The molecule has 2 heterocycles. The van der Waals surface area contributed by atoms with Crippen LogP contribution in [0, 0.1) is 20.8 Å². The van der Waals surface area contributed by atoms with Crippen LogP contribution in [0.4, 0.5) is 11.6 Å². The predicted octanol–water partition coefficient (Wildman–Crippen LogP) is 6.43. The van der Waals surface area contributed by atoms with E-state index in [2.05, 4.69) is 47.9 Å². The Bertz CT molecular complexity index is 1520. The van der Waals surface area contributed by atoms with Crippen molar-refractivity contribution in [1.82, 2.24) is 14.8 Å². The van der Waals surface area contributed by atoms with Gasteiger partial charge in [0.1, 0.15) is 11.8 Å². The number of allylic oxidation sites excluding steroid dienone is 1. The molecule has 0 radical (unpaired) electrons. The van der Waals surface area contributed by atoms with E-state index in [1.165, 1.54) is 11.1 Å². The number of anilines is 2. The second-order valence-corrected chi connectivity index (χ2v) is 10.5. The summed E-state index contributed by atoms with van der Waals surface area (Å²) in [7, 11) is 1.64. The summed E-state index contributed by atoms with van der Waals surface area (Å²) >= 11 is 1.57. The van der Waals surface area contributed by atoms with Crippen molar-refractivity contribution in [3.8, 4) is 5.75 Å². The molecule has 0 unspecified atom stereocenters. The number of aryl methyl sites for hydroxylation is 3. The maximum Gasteiger partial charge on any atom is 0.255 e. The van der Waals surface area contributed by atoms with Crippen LogP contribution in [-0.2, 0) is 10.5 Å². The van der Waals surface area contributed by atoms with Gasteiger partial charge in [-0.3, -0.25) is 4.79 Å². The van der Waals surface area contributed by atoms with Crippen molar-refractivity contribution in [1.29, 1.82) is 0 Å². The maximum atomic E-state index is 13.8. The molecule has 1 aliphatic heterocycles. The van der Waals surface area contributed by atoms with E-state index >= 15 is 0 Å². The second-order valence-electron chi connectivity index (χ2n) is 9.55. The highest BCUT2D eigenvalue weighted by atomic mass is 32.2. The molecule has 0 saturated heterocycles. The van der Waals surface area contributed by atoms with E-state index in [0.717, 1.165) is 39.6 Å². The van der Waals surface area contributed by atoms with E-state index in [4.69, 9.17) is 14.8 Å². The molecular weight excluding hydrogens is 494 g/mol. The van der Waals surface area contributed by atoms with Crippen LogP contribution >= 0.6 is 11.8 Å². The number of thioether (sulfide) groups is 1. The molecule has 7 nitrogen and oxygen atoms in total. The van der Waals surface area contributed by atoms with E-state index in [0.29, 0.717) is 16.7 Å². The SMILES string of the molecule is COc1ccc([C@@H]2C(C(=O)Nc3ccc(C)cc3C)=C(C)Nc3nc(SCc4cccc(C)c4)nn32)cc1. The Morgan fingerprint density at radius 3 is 2.50 bits per heavy atom. The molecule has 1 amide bonds. The summed E-state index contributed by atoms with van der Waals surface area (Å²) in [6, 6.07) is 21.7. The lowest BCUT2D eigenvalue weighted by Gasteiger charge is -2.29. The molecule has 0 saturated carbocycles. The van der Waals surface area contributed by atoms with Crippen molar-refractivity contribution in [3.05, 3.63) is 106 Å². The number of hydrogen-bond acceptors (Lipinski definition) is 6. The summed E-state index contributed by atoms with van der Waals surface area (Å²) in [5, 5.41) is 11.9. The third-order valence-electron chi connectivity index (χ3n) is 6.59. The highest BCUT2D eigenvalue weighted by Gasteiger charge is 2.34. The number of nitrogens with zero attached hydrogens (tertiary/aromatic N) is 3. The monoisotopic (exact) mass is 525 g/mol. The predicted molar refractivity (Wildman–Crippen MR) is 153 cm³/mol. The Balaban J connectivity index is 1.49. The third kappa shape index (κ3) is 5.31. The molecule has 0 spiro atoms. The zero-order chi connectivity index (χ0) is 26.8. The summed E-state index contributed by atoms with van der Waals surface area (Å²) in [6.45, 7) is 8.03. The normalized spacial score (nSPS) is 14.6. The van der Waals surface area contributed by atoms with Gasteiger partial charge in [0.05, 0.1) is 12.7 Å². The molecule has 1 atom stereocenters. The first-order valence-electron chi connectivity index (χ1n) is 12.5. The quantitative estimate of drug-likeness (QED) is 0.271. The van der Waals surface area contributed by atoms with E-state index < -0.39 is 6.04 Å². The summed E-state index contributed by atoms with van der Waals surface area (Å²) in [4.78, 5) is 18.5. The van der Waals surface area contributed by atoms with Crippen LogP contribution < -0.4 is 15.4 Å². The number of aromatic nitrogens is 3. The summed E-state index contributed by atoms with van der Waals surface area (Å²) < 4.78 is 7.18. The Kier molecular flexibility index (Phi) is 7.24. The van der Waals surface area contributed by atoms with Gasteiger partial charge in [-0.15, -0.1) is 5.10 Å². The first kappa shape index (κ1) is 25.6. The number of carbonyl (C=O) groups is 1. The highest BCUT2D eigenvalue weighted by molar-refractivity contribution is 7.98. The highest BCUT2D eigenvalue weighted by Crippen LogP contribution is 2.37. The molecule has 4 aromatic rings. The lowest BCUT2D eigenvalue weighted by Crippen LogP contribution is -2.31. The van der Waals surface area contributed by atoms with Gasteiger partial charge in [-0.05, 0) is 62.6 Å². The van der Waals surface area contributed by atoms with Crippen molar-refractivity contribution in [2.24, 2.45) is 0 Å². The second kappa shape index (κ2) is 10.8. The van der Waals surface area contributed by atoms with Crippen LogP contribution in [-0.4, -0.2) is 27.8 Å². The zero-order valence-corrected chi connectivity index (χ0v) is 23.0. The van der Waals surface area contributed by atoms with E-state index in [1.54, 1.807) is 18.9 Å². The van der Waals surface area contributed by atoms with Gasteiger partial charge in [0.25, 0.3) is 5.91 Å². The number of hydrogen-bond donors (Lipinski definition) is 2. The first-order valence-corrected chi connectivity index (χ1v) is 13.5. The lowest BCUT2D eigenvalue weighted by molar-refractivity contribution is -0.113. The van der Waals surface area contributed by atoms with Crippen molar-refractivity contribution in [2.75, 3.05) is 17.7 Å². The molecule has 194 valence electrons. The van der Waals surface area contributed by atoms with Crippen LogP contribution in [0.15, 0.2) is 83.2 Å². The van der Waals surface area contributed by atoms with Gasteiger partial charge in [0.2, 0.25) is 11.1 Å². The zero-order valence-electron chi connectivity index (χ0n) is 22.2. The van der Waals surface area contributed by atoms with Crippen molar-refractivity contribution in [2.45, 2.75) is 44.6 Å². The number of nitrogens with one attached hydrogen (secondary N) is 2. The molecule has 1 aromatic heterocycles. The minimum absolute atomic E-state index is 0.183.